The van der Waals surface area contributed by atoms with Gasteiger partial charge in [-0.05, 0) is 51.1 Å². The zero-order chi connectivity index (χ0) is 19.1. The van der Waals surface area contributed by atoms with Gasteiger partial charge in [0.05, 0.1) is 6.54 Å². The van der Waals surface area contributed by atoms with E-state index in [2.05, 4.69) is 22.2 Å². The maximum Gasteiger partial charge on any atom is 0.271 e. The van der Waals surface area contributed by atoms with Crippen molar-refractivity contribution >= 4 is 5.91 Å². The lowest BCUT2D eigenvalue weighted by atomic mass is 10.3. The van der Waals surface area contributed by atoms with E-state index in [1.54, 1.807) is 0 Å². The Kier molecular flexibility index (Phi) is 6.59. The van der Waals surface area contributed by atoms with E-state index in [-0.39, 0.29) is 23.7 Å². The van der Waals surface area contributed by atoms with Crippen LogP contribution < -0.4 is 15.6 Å². The molecule has 144 valence electrons. The molecule has 1 fully saturated rings. The summed E-state index contributed by atoms with van der Waals surface area (Å²) in [5.41, 5.74) is -0.0171. The highest BCUT2D eigenvalue weighted by molar-refractivity contribution is 5.92. The first-order chi connectivity index (χ1) is 13.1. The second-order valence-corrected chi connectivity index (χ2v) is 6.74. The average Bonchev–Trinajstić information content (AvgIpc) is 3.23. The predicted molar refractivity (Wildman–Crippen MR) is 103 cm³/mol. The minimum Gasteiger partial charge on any atom is -0.492 e. The van der Waals surface area contributed by atoms with Crippen LogP contribution in [0.5, 0.6) is 5.75 Å². The fraction of sp³-hybridized carbons (Fsp3) is 0.450. The molecule has 0 aliphatic carbocycles. The Bertz CT molecular complexity index is 800. The molecule has 1 saturated heterocycles. The number of benzene rings is 1. The molecule has 1 atom stereocenters. The van der Waals surface area contributed by atoms with Crippen LogP contribution in [0.3, 0.4) is 0 Å². The van der Waals surface area contributed by atoms with E-state index in [1.807, 2.05) is 30.3 Å². The van der Waals surface area contributed by atoms with Gasteiger partial charge in [0.2, 0.25) is 0 Å². The number of nitrogens with zero attached hydrogens (tertiary/aromatic N) is 3. The fourth-order valence-electron chi connectivity index (χ4n) is 3.14. The normalized spacial score (nSPS) is 15.4. The average molecular weight is 370 g/mol. The maximum absolute atomic E-state index is 12.4. The van der Waals surface area contributed by atoms with Crippen LogP contribution in [0, 0.1) is 0 Å². The first-order valence-corrected chi connectivity index (χ1v) is 9.42. The summed E-state index contributed by atoms with van der Waals surface area (Å²) < 4.78 is 6.86. The van der Waals surface area contributed by atoms with Crippen LogP contribution in [0.1, 0.15) is 30.3 Å². The maximum atomic E-state index is 12.4. The van der Waals surface area contributed by atoms with Crippen molar-refractivity contribution in [3.63, 3.8) is 0 Å². The fourth-order valence-corrected chi connectivity index (χ4v) is 3.14. The van der Waals surface area contributed by atoms with Crippen molar-refractivity contribution in [1.29, 1.82) is 0 Å². The van der Waals surface area contributed by atoms with Crippen LogP contribution >= 0.6 is 0 Å². The van der Waals surface area contributed by atoms with Gasteiger partial charge in [0, 0.05) is 18.7 Å². The number of rotatable bonds is 8. The van der Waals surface area contributed by atoms with E-state index < -0.39 is 0 Å². The number of para-hydroxylation sites is 1. The number of hydrogen-bond donors (Lipinski definition) is 1. The van der Waals surface area contributed by atoms with Crippen molar-refractivity contribution in [2.75, 3.05) is 26.2 Å². The number of ether oxygens (including phenoxy) is 1. The molecule has 7 nitrogen and oxygen atoms in total. The zero-order valence-electron chi connectivity index (χ0n) is 15.6. The molecule has 1 aromatic heterocycles. The molecule has 2 aromatic rings. The van der Waals surface area contributed by atoms with E-state index in [0.717, 1.165) is 18.8 Å². The zero-order valence-corrected chi connectivity index (χ0v) is 15.6. The number of amides is 1. The van der Waals surface area contributed by atoms with Crippen molar-refractivity contribution < 1.29 is 9.53 Å². The molecule has 1 N–H and O–H groups in total. The molecular formula is C20H26N4O3. The van der Waals surface area contributed by atoms with E-state index in [9.17, 15) is 9.59 Å². The van der Waals surface area contributed by atoms with Crippen LogP contribution in [0.2, 0.25) is 0 Å². The lowest BCUT2D eigenvalue weighted by molar-refractivity contribution is 0.0932. The van der Waals surface area contributed by atoms with Crippen LogP contribution in [0.4, 0.5) is 0 Å². The van der Waals surface area contributed by atoms with Crippen molar-refractivity contribution in [3.8, 4) is 5.75 Å². The molecule has 3 rings (SSSR count). The van der Waals surface area contributed by atoms with Crippen LogP contribution in [0.15, 0.2) is 47.3 Å². The van der Waals surface area contributed by atoms with Gasteiger partial charge in [-0.15, -0.1) is 0 Å². The van der Waals surface area contributed by atoms with Gasteiger partial charge in [0.1, 0.15) is 18.1 Å². The summed E-state index contributed by atoms with van der Waals surface area (Å²) in [6.45, 7) is 5.42. The highest BCUT2D eigenvalue weighted by Gasteiger charge is 2.19. The molecule has 7 heteroatoms. The molecule has 1 aliphatic heterocycles. The van der Waals surface area contributed by atoms with Gasteiger partial charge in [-0.25, -0.2) is 4.68 Å². The quantitative estimate of drug-likeness (QED) is 0.763. The molecular weight excluding hydrogens is 344 g/mol. The molecule has 0 bridgehead atoms. The van der Waals surface area contributed by atoms with Gasteiger partial charge in [0.15, 0.2) is 0 Å². The summed E-state index contributed by atoms with van der Waals surface area (Å²) in [4.78, 5) is 26.7. The number of aromatic nitrogens is 2. The Morgan fingerprint density at radius 2 is 1.93 bits per heavy atom. The molecule has 0 spiro atoms. The first-order valence-electron chi connectivity index (χ1n) is 9.42. The molecule has 27 heavy (non-hydrogen) atoms. The highest BCUT2D eigenvalue weighted by atomic mass is 16.5. The van der Waals surface area contributed by atoms with Gasteiger partial charge >= 0.3 is 0 Å². The Hall–Kier alpha value is -2.67. The third kappa shape index (κ3) is 5.40. The Labute approximate surface area is 158 Å². The largest absolute Gasteiger partial charge is 0.492 e. The van der Waals surface area contributed by atoms with E-state index >= 15 is 0 Å². The van der Waals surface area contributed by atoms with Crippen LogP contribution in [-0.4, -0.2) is 52.9 Å². The molecule has 2 heterocycles. The second-order valence-electron chi connectivity index (χ2n) is 6.74. The molecule has 1 aromatic carbocycles. The van der Waals surface area contributed by atoms with Gasteiger partial charge in [-0.1, -0.05) is 18.2 Å². The smallest absolute Gasteiger partial charge is 0.271 e. The van der Waals surface area contributed by atoms with Crippen molar-refractivity contribution in [2.45, 2.75) is 32.4 Å². The number of carbonyl (C=O) groups is 1. The predicted octanol–water partition coefficient (Wildman–Crippen LogP) is 1.54. The topological polar surface area (TPSA) is 76.5 Å². The van der Waals surface area contributed by atoms with E-state index in [1.165, 1.54) is 29.7 Å². The first kappa shape index (κ1) is 19.1. The number of hydrogen-bond acceptors (Lipinski definition) is 5. The van der Waals surface area contributed by atoms with Gasteiger partial charge < -0.3 is 10.1 Å². The Balaban J connectivity index is 1.53. The SMILES string of the molecule is C[C@H](CNC(=O)c1ccc(=O)n(CCOc2ccccc2)n1)N1CCCC1. The highest BCUT2D eigenvalue weighted by Crippen LogP contribution is 2.11. The molecule has 1 aliphatic rings. The van der Waals surface area contributed by atoms with Gasteiger partial charge in [-0.2, -0.15) is 5.10 Å². The van der Waals surface area contributed by atoms with Gasteiger partial charge in [0.25, 0.3) is 11.5 Å². The van der Waals surface area contributed by atoms with Crippen LogP contribution in [0.25, 0.3) is 0 Å². The lowest BCUT2D eigenvalue weighted by Crippen LogP contribution is -2.41. The number of likely N-dealkylation sites (tertiary alicyclic amines) is 1. The van der Waals surface area contributed by atoms with Crippen molar-refractivity contribution in [2.24, 2.45) is 0 Å². The van der Waals surface area contributed by atoms with Crippen molar-refractivity contribution in [1.82, 2.24) is 20.0 Å². The van der Waals surface area contributed by atoms with Gasteiger partial charge in [-0.3, -0.25) is 14.5 Å². The summed E-state index contributed by atoms with van der Waals surface area (Å²) in [6, 6.07) is 12.5. The molecule has 0 unspecified atom stereocenters. The summed E-state index contributed by atoms with van der Waals surface area (Å²) in [6.07, 6.45) is 2.44. The third-order valence-electron chi connectivity index (χ3n) is 4.74. The summed E-state index contributed by atoms with van der Waals surface area (Å²) >= 11 is 0. The number of nitrogens with one attached hydrogen (secondary N) is 1. The lowest BCUT2D eigenvalue weighted by Gasteiger charge is -2.23. The molecule has 0 radical (unpaired) electrons. The monoisotopic (exact) mass is 370 g/mol. The minimum absolute atomic E-state index is 0.239. The summed E-state index contributed by atoms with van der Waals surface area (Å²) in [5.74, 6) is 0.467. The Morgan fingerprint density at radius 1 is 1.19 bits per heavy atom. The van der Waals surface area contributed by atoms with Crippen LogP contribution in [-0.2, 0) is 6.54 Å². The molecule has 1 amide bonds. The van der Waals surface area contributed by atoms with Crippen molar-refractivity contribution in [3.05, 3.63) is 58.5 Å². The standard InChI is InChI=1S/C20H26N4O3/c1-16(23-11-5-6-12-23)15-21-20(26)18-9-10-19(25)24(22-18)13-14-27-17-7-3-2-4-8-17/h2-4,7-10,16H,5-6,11-15H2,1H3,(H,21,26)/t16-/m1/s1. The third-order valence-corrected chi connectivity index (χ3v) is 4.74. The van der Waals surface area contributed by atoms with E-state index in [0.29, 0.717) is 19.2 Å². The summed E-state index contributed by atoms with van der Waals surface area (Å²) in [7, 11) is 0. The Morgan fingerprint density at radius 3 is 2.67 bits per heavy atom. The summed E-state index contributed by atoms with van der Waals surface area (Å²) in [5, 5.41) is 7.09. The number of carbonyl (C=O) groups excluding carboxylic acids is 1. The second kappa shape index (κ2) is 9.32. The molecule has 0 saturated carbocycles. The van der Waals surface area contributed by atoms with E-state index in [4.69, 9.17) is 4.74 Å². The minimum atomic E-state index is -0.265.